The average Bonchev–Trinajstić information content (AvgIpc) is 2.71. The summed E-state index contributed by atoms with van der Waals surface area (Å²) in [6.07, 6.45) is -4.42. The maximum Gasteiger partial charge on any atom is 0.431 e. The van der Waals surface area contributed by atoms with Crippen molar-refractivity contribution in [3.8, 4) is 0 Å². The van der Waals surface area contributed by atoms with Crippen molar-refractivity contribution >= 4 is 10.9 Å². The van der Waals surface area contributed by atoms with Crippen molar-refractivity contribution in [3.63, 3.8) is 0 Å². The molecule has 0 fully saturated rings. The van der Waals surface area contributed by atoms with Crippen molar-refractivity contribution in [2.75, 3.05) is 6.61 Å². The molecule has 92 valence electrons. The first-order valence-corrected chi connectivity index (χ1v) is 4.98. The van der Waals surface area contributed by atoms with Gasteiger partial charge >= 0.3 is 6.18 Å². The number of aliphatic hydroxyl groups excluding tert-OH is 1. The van der Waals surface area contributed by atoms with E-state index in [9.17, 15) is 13.2 Å². The Kier molecular flexibility index (Phi) is 2.84. The first-order chi connectivity index (χ1) is 7.93. The molecule has 1 heterocycles. The van der Waals surface area contributed by atoms with E-state index in [0.717, 1.165) is 6.07 Å². The van der Waals surface area contributed by atoms with Crippen LogP contribution in [0, 0.1) is 0 Å². The van der Waals surface area contributed by atoms with E-state index >= 15 is 0 Å². The summed E-state index contributed by atoms with van der Waals surface area (Å²) < 4.78 is 37.6. The summed E-state index contributed by atoms with van der Waals surface area (Å²) in [6.45, 7) is -0.314. The predicted molar refractivity (Wildman–Crippen MR) is 57.3 cm³/mol. The summed E-state index contributed by atoms with van der Waals surface area (Å²) in [5.41, 5.74) is 5.68. The number of nitrogens with two attached hydrogens (primary N) is 1. The number of aromatic amines is 1. The van der Waals surface area contributed by atoms with Gasteiger partial charge in [-0.3, -0.25) is 0 Å². The van der Waals surface area contributed by atoms with E-state index in [4.69, 9.17) is 10.8 Å². The third-order valence-corrected chi connectivity index (χ3v) is 2.60. The molecule has 0 bridgehead atoms. The van der Waals surface area contributed by atoms with Gasteiger partial charge in [-0.15, -0.1) is 0 Å². The van der Waals surface area contributed by atoms with Gasteiger partial charge in [-0.25, -0.2) is 0 Å². The standard InChI is InChI=1S/C11H11F3N2O/c12-11(13,14)10-4-7-6(8(15)5-17)2-1-3-9(7)16-10/h1-4,8,16-17H,5,15H2. The minimum atomic E-state index is -4.42. The molecular weight excluding hydrogens is 233 g/mol. The summed E-state index contributed by atoms with van der Waals surface area (Å²) in [6, 6.07) is 5.08. The lowest BCUT2D eigenvalue weighted by Crippen LogP contribution is -2.14. The van der Waals surface area contributed by atoms with E-state index in [-0.39, 0.29) is 6.61 Å². The van der Waals surface area contributed by atoms with Crippen molar-refractivity contribution in [2.24, 2.45) is 5.73 Å². The molecule has 4 N–H and O–H groups in total. The summed E-state index contributed by atoms with van der Waals surface area (Å²) >= 11 is 0. The van der Waals surface area contributed by atoms with Gasteiger partial charge in [0, 0.05) is 10.9 Å². The summed E-state index contributed by atoms with van der Waals surface area (Å²) in [5, 5.41) is 9.35. The van der Waals surface area contributed by atoms with Crippen molar-refractivity contribution in [2.45, 2.75) is 12.2 Å². The summed E-state index contributed by atoms with van der Waals surface area (Å²) in [4.78, 5) is 2.29. The van der Waals surface area contributed by atoms with Gasteiger partial charge in [0.2, 0.25) is 0 Å². The fourth-order valence-corrected chi connectivity index (χ4v) is 1.75. The Morgan fingerprint density at radius 1 is 1.35 bits per heavy atom. The molecule has 0 aliphatic heterocycles. The van der Waals surface area contributed by atoms with Crippen LogP contribution in [0.5, 0.6) is 0 Å². The molecule has 0 saturated heterocycles. The van der Waals surface area contributed by atoms with Crippen LogP contribution in [0.15, 0.2) is 24.3 Å². The number of fused-ring (bicyclic) bond motifs is 1. The maximum atomic E-state index is 12.5. The average molecular weight is 244 g/mol. The SMILES string of the molecule is NC(CO)c1cccc2[nH]c(C(F)(F)F)cc12. The zero-order valence-electron chi connectivity index (χ0n) is 8.75. The molecule has 2 rings (SSSR count). The molecule has 2 aromatic rings. The first-order valence-electron chi connectivity index (χ1n) is 4.98. The van der Waals surface area contributed by atoms with Crippen molar-refractivity contribution in [1.82, 2.24) is 4.98 Å². The van der Waals surface area contributed by atoms with Gasteiger partial charge < -0.3 is 15.8 Å². The normalized spacial score (nSPS) is 14.2. The molecule has 6 heteroatoms. The molecule has 1 aromatic heterocycles. The number of aliphatic hydroxyl groups is 1. The van der Waals surface area contributed by atoms with Crippen LogP contribution < -0.4 is 5.73 Å². The minimum Gasteiger partial charge on any atom is -0.394 e. The lowest BCUT2D eigenvalue weighted by atomic mass is 10.0. The Morgan fingerprint density at radius 3 is 2.65 bits per heavy atom. The number of halogens is 3. The number of rotatable bonds is 2. The molecule has 0 radical (unpaired) electrons. The number of hydrogen-bond acceptors (Lipinski definition) is 2. The van der Waals surface area contributed by atoms with Gasteiger partial charge in [-0.2, -0.15) is 13.2 Å². The lowest BCUT2D eigenvalue weighted by Gasteiger charge is -2.09. The zero-order valence-corrected chi connectivity index (χ0v) is 8.75. The van der Waals surface area contributed by atoms with E-state index in [1.807, 2.05) is 0 Å². The highest BCUT2D eigenvalue weighted by atomic mass is 19.4. The Hall–Kier alpha value is -1.53. The molecule has 0 amide bonds. The minimum absolute atomic E-state index is 0.314. The smallest absolute Gasteiger partial charge is 0.394 e. The lowest BCUT2D eigenvalue weighted by molar-refractivity contribution is -0.140. The Bertz CT molecular complexity index is 533. The van der Waals surface area contributed by atoms with Crippen LogP contribution in [-0.2, 0) is 6.18 Å². The van der Waals surface area contributed by atoms with Gasteiger partial charge in [0.1, 0.15) is 5.69 Å². The highest BCUT2D eigenvalue weighted by Crippen LogP contribution is 2.33. The zero-order chi connectivity index (χ0) is 12.6. The number of H-pyrrole nitrogens is 1. The third-order valence-electron chi connectivity index (χ3n) is 2.60. The van der Waals surface area contributed by atoms with Gasteiger partial charge in [0.25, 0.3) is 0 Å². The van der Waals surface area contributed by atoms with E-state index in [0.29, 0.717) is 16.5 Å². The topological polar surface area (TPSA) is 62.0 Å². The van der Waals surface area contributed by atoms with Crippen molar-refractivity contribution < 1.29 is 18.3 Å². The van der Waals surface area contributed by atoms with Crippen molar-refractivity contribution in [3.05, 3.63) is 35.5 Å². The van der Waals surface area contributed by atoms with Gasteiger partial charge in [-0.1, -0.05) is 12.1 Å². The molecule has 3 nitrogen and oxygen atoms in total. The summed E-state index contributed by atoms with van der Waals surface area (Å²) in [7, 11) is 0. The fraction of sp³-hybridized carbons (Fsp3) is 0.273. The van der Waals surface area contributed by atoms with Gasteiger partial charge in [0.05, 0.1) is 12.6 Å². The molecule has 0 saturated carbocycles. The Balaban J connectivity index is 2.61. The third kappa shape index (κ3) is 2.13. The predicted octanol–water partition coefficient (Wildman–Crippen LogP) is 2.18. The highest BCUT2D eigenvalue weighted by Gasteiger charge is 2.32. The largest absolute Gasteiger partial charge is 0.431 e. The van der Waals surface area contributed by atoms with Crippen LogP contribution in [0.25, 0.3) is 10.9 Å². The van der Waals surface area contributed by atoms with E-state index in [1.165, 1.54) is 6.07 Å². The van der Waals surface area contributed by atoms with E-state index < -0.39 is 17.9 Å². The number of aromatic nitrogens is 1. The second kappa shape index (κ2) is 4.05. The summed E-state index contributed by atoms with van der Waals surface area (Å²) in [5.74, 6) is 0. The van der Waals surface area contributed by atoms with Crippen LogP contribution in [0.3, 0.4) is 0 Å². The van der Waals surface area contributed by atoms with Crippen LogP contribution in [-0.4, -0.2) is 16.7 Å². The van der Waals surface area contributed by atoms with Crippen LogP contribution in [0.4, 0.5) is 13.2 Å². The number of nitrogens with one attached hydrogen (secondary N) is 1. The monoisotopic (exact) mass is 244 g/mol. The van der Waals surface area contributed by atoms with Gasteiger partial charge in [-0.05, 0) is 17.7 Å². The van der Waals surface area contributed by atoms with E-state index in [1.54, 1.807) is 12.1 Å². The molecular formula is C11H11F3N2O. The van der Waals surface area contributed by atoms with Crippen molar-refractivity contribution in [1.29, 1.82) is 0 Å². The molecule has 1 aromatic carbocycles. The number of alkyl halides is 3. The highest BCUT2D eigenvalue weighted by molar-refractivity contribution is 5.84. The molecule has 0 spiro atoms. The van der Waals surface area contributed by atoms with Gasteiger partial charge in [0.15, 0.2) is 0 Å². The Morgan fingerprint density at radius 2 is 2.06 bits per heavy atom. The van der Waals surface area contributed by atoms with E-state index in [2.05, 4.69) is 4.98 Å². The molecule has 1 unspecified atom stereocenters. The first kappa shape index (κ1) is 11.9. The Labute approximate surface area is 95.0 Å². The molecule has 17 heavy (non-hydrogen) atoms. The number of hydrogen-bond donors (Lipinski definition) is 3. The second-order valence-corrected chi connectivity index (χ2v) is 3.78. The van der Waals surface area contributed by atoms with Crippen LogP contribution >= 0.6 is 0 Å². The van der Waals surface area contributed by atoms with Crippen LogP contribution in [0.1, 0.15) is 17.3 Å². The molecule has 0 aliphatic carbocycles. The van der Waals surface area contributed by atoms with Crippen LogP contribution in [0.2, 0.25) is 0 Å². The fourth-order valence-electron chi connectivity index (χ4n) is 1.75. The maximum absolute atomic E-state index is 12.5. The molecule has 1 atom stereocenters. The second-order valence-electron chi connectivity index (χ2n) is 3.78. The number of benzene rings is 1. The molecule has 0 aliphatic rings. The quantitative estimate of drug-likeness (QED) is 0.758.